The molecule has 3 rings (SSSR count). The van der Waals surface area contributed by atoms with Gasteiger partial charge in [-0.15, -0.1) is 0 Å². The summed E-state index contributed by atoms with van der Waals surface area (Å²) in [6.45, 7) is 2.07. The van der Waals surface area contributed by atoms with E-state index in [1.54, 1.807) is 0 Å². The molecule has 20 heavy (non-hydrogen) atoms. The predicted octanol–water partition coefficient (Wildman–Crippen LogP) is 5.77. The largest absolute Gasteiger partial charge is 0.382 e. The van der Waals surface area contributed by atoms with E-state index in [0.717, 1.165) is 20.7 Å². The summed E-state index contributed by atoms with van der Waals surface area (Å²) in [6.07, 6.45) is 2.38. The van der Waals surface area contributed by atoms with Crippen LogP contribution in [-0.2, 0) is 0 Å². The van der Waals surface area contributed by atoms with Gasteiger partial charge in [-0.25, -0.2) is 0 Å². The molecule has 104 valence electrons. The molecule has 0 amide bonds. The Morgan fingerprint density at radius 2 is 1.80 bits per heavy atom. The van der Waals surface area contributed by atoms with E-state index in [0.29, 0.717) is 12.0 Å². The first-order valence-corrected chi connectivity index (χ1v) is 8.07. The summed E-state index contributed by atoms with van der Waals surface area (Å²) in [5, 5.41) is 4.44. The third-order valence-electron chi connectivity index (χ3n) is 4.11. The lowest BCUT2D eigenvalue weighted by Crippen LogP contribution is -2.34. The van der Waals surface area contributed by atoms with Gasteiger partial charge < -0.3 is 5.32 Å². The lowest BCUT2D eigenvalue weighted by atomic mass is 9.76. The molecule has 3 heteroatoms. The summed E-state index contributed by atoms with van der Waals surface area (Å²) in [5.74, 6) is 0.681. The first kappa shape index (κ1) is 14.0. The zero-order valence-electron chi connectivity index (χ0n) is 11.4. The fourth-order valence-corrected chi connectivity index (χ4v) is 3.17. The zero-order valence-corrected chi connectivity index (χ0v) is 13.7. The molecule has 1 nitrogen and oxygen atoms in total. The smallest absolute Gasteiger partial charge is 0.0455 e. The predicted molar refractivity (Wildman–Crippen MR) is 89.7 cm³/mol. The SMILES string of the molecule is Cc1c(Cl)cccc1NC1CC(c2ccc(Br)cc2)C1. The van der Waals surface area contributed by atoms with Crippen LogP contribution in [0.2, 0.25) is 5.02 Å². The molecule has 1 aliphatic rings. The van der Waals surface area contributed by atoms with Crippen LogP contribution in [-0.4, -0.2) is 6.04 Å². The summed E-state index contributed by atoms with van der Waals surface area (Å²) in [6, 6.07) is 15.3. The van der Waals surface area contributed by atoms with Crippen molar-refractivity contribution in [3.05, 3.63) is 63.1 Å². The van der Waals surface area contributed by atoms with Crippen LogP contribution in [0.5, 0.6) is 0 Å². The van der Waals surface area contributed by atoms with E-state index >= 15 is 0 Å². The van der Waals surface area contributed by atoms with E-state index in [2.05, 4.69) is 58.5 Å². The second kappa shape index (κ2) is 5.79. The van der Waals surface area contributed by atoms with Gasteiger partial charge in [-0.3, -0.25) is 0 Å². The molecule has 0 atom stereocenters. The number of hydrogen-bond donors (Lipinski definition) is 1. The van der Waals surface area contributed by atoms with Gasteiger partial charge in [0.25, 0.3) is 0 Å². The molecule has 2 aromatic carbocycles. The van der Waals surface area contributed by atoms with Gasteiger partial charge >= 0.3 is 0 Å². The molecular formula is C17H17BrClN. The Kier molecular flexibility index (Phi) is 4.04. The van der Waals surface area contributed by atoms with Gasteiger partial charge in [-0.1, -0.05) is 45.7 Å². The van der Waals surface area contributed by atoms with Crippen molar-refractivity contribution < 1.29 is 0 Å². The number of hydrogen-bond acceptors (Lipinski definition) is 1. The Morgan fingerprint density at radius 1 is 1.10 bits per heavy atom. The van der Waals surface area contributed by atoms with Crippen molar-refractivity contribution in [1.82, 2.24) is 0 Å². The van der Waals surface area contributed by atoms with Crippen molar-refractivity contribution in [1.29, 1.82) is 0 Å². The quantitative estimate of drug-likeness (QED) is 0.741. The van der Waals surface area contributed by atoms with E-state index in [4.69, 9.17) is 11.6 Å². The molecule has 1 saturated carbocycles. The number of nitrogens with one attached hydrogen (secondary N) is 1. The minimum atomic E-state index is 0.556. The number of halogens is 2. The summed E-state index contributed by atoms with van der Waals surface area (Å²) < 4.78 is 1.14. The molecule has 0 aromatic heterocycles. The van der Waals surface area contributed by atoms with Crippen LogP contribution in [0.3, 0.4) is 0 Å². The Labute approximate surface area is 133 Å². The molecule has 0 radical (unpaired) electrons. The molecule has 0 heterocycles. The van der Waals surface area contributed by atoms with Crippen molar-refractivity contribution in [2.24, 2.45) is 0 Å². The molecular weight excluding hydrogens is 334 g/mol. The molecule has 2 aromatic rings. The monoisotopic (exact) mass is 349 g/mol. The molecule has 0 unspecified atom stereocenters. The van der Waals surface area contributed by atoms with E-state index in [-0.39, 0.29) is 0 Å². The van der Waals surface area contributed by atoms with Crippen molar-refractivity contribution in [2.45, 2.75) is 31.7 Å². The molecule has 0 bridgehead atoms. The van der Waals surface area contributed by atoms with Crippen molar-refractivity contribution in [3.63, 3.8) is 0 Å². The van der Waals surface area contributed by atoms with Crippen LogP contribution in [0.1, 0.15) is 29.9 Å². The van der Waals surface area contributed by atoms with Gasteiger partial charge in [-0.05, 0) is 61.1 Å². The van der Waals surface area contributed by atoms with Gasteiger partial charge in [0.1, 0.15) is 0 Å². The lowest BCUT2D eigenvalue weighted by molar-refractivity contribution is 0.374. The first-order valence-electron chi connectivity index (χ1n) is 6.90. The molecule has 0 spiro atoms. The Hall–Kier alpha value is -0.990. The second-order valence-electron chi connectivity index (χ2n) is 5.47. The highest BCUT2D eigenvalue weighted by atomic mass is 79.9. The third kappa shape index (κ3) is 2.87. The highest BCUT2D eigenvalue weighted by Crippen LogP contribution is 2.39. The summed E-state index contributed by atoms with van der Waals surface area (Å²) >= 11 is 9.63. The molecule has 0 saturated heterocycles. The van der Waals surface area contributed by atoms with Gasteiger partial charge in [-0.2, -0.15) is 0 Å². The molecule has 1 aliphatic carbocycles. The van der Waals surface area contributed by atoms with Crippen LogP contribution in [0.15, 0.2) is 46.9 Å². The third-order valence-corrected chi connectivity index (χ3v) is 5.04. The zero-order chi connectivity index (χ0) is 14.1. The second-order valence-corrected chi connectivity index (χ2v) is 6.80. The highest BCUT2D eigenvalue weighted by Gasteiger charge is 2.30. The molecule has 1 fully saturated rings. The average Bonchev–Trinajstić information content (AvgIpc) is 2.39. The minimum Gasteiger partial charge on any atom is -0.382 e. The maximum absolute atomic E-state index is 6.15. The highest BCUT2D eigenvalue weighted by molar-refractivity contribution is 9.10. The summed E-state index contributed by atoms with van der Waals surface area (Å²) in [4.78, 5) is 0. The van der Waals surface area contributed by atoms with E-state index in [9.17, 15) is 0 Å². The molecule has 0 aliphatic heterocycles. The van der Waals surface area contributed by atoms with Crippen LogP contribution in [0.4, 0.5) is 5.69 Å². The Bertz CT molecular complexity index is 603. The van der Waals surface area contributed by atoms with Crippen LogP contribution < -0.4 is 5.32 Å². The van der Waals surface area contributed by atoms with Crippen molar-refractivity contribution >= 4 is 33.2 Å². The maximum atomic E-state index is 6.15. The number of benzene rings is 2. The number of rotatable bonds is 3. The summed E-state index contributed by atoms with van der Waals surface area (Å²) in [5.41, 5.74) is 3.74. The van der Waals surface area contributed by atoms with E-state index in [1.165, 1.54) is 18.4 Å². The van der Waals surface area contributed by atoms with Gasteiger partial charge in [0, 0.05) is 21.2 Å². The minimum absolute atomic E-state index is 0.556. The average molecular weight is 351 g/mol. The Balaban J connectivity index is 1.61. The lowest BCUT2D eigenvalue weighted by Gasteiger charge is -2.37. The molecule has 1 N–H and O–H groups in total. The van der Waals surface area contributed by atoms with Crippen LogP contribution >= 0.6 is 27.5 Å². The Morgan fingerprint density at radius 3 is 2.50 bits per heavy atom. The topological polar surface area (TPSA) is 12.0 Å². The maximum Gasteiger partial charge on any atom is 0.0455 e. The first-order chi connectivity index (χ1) is 9.63. The van der Waals surface area contributed by atoms with E-state index in [1.807, 2.05) is 12.1 Å². The van der Waals surface area contributed by atoms with Crippen LogP contribution in [0, 0.1) is 6.92 Å². The van der Waals surface area contributed by atoms with Gasteiger partial charge in [0.2, 0.25) is 0 Å². The number of anilines is 1. The van der Waals surface area contributed by atoms with Crippen molar-refractivity contribution in [3.8, 4) is 0 Å². The van der Waals surface area contributed by atoms with Gasteiger partial charge in [0.15, 0.2) is 0 Å². The van der Waals surface area contributed by atoms with Gasteiger partial charge in [0.05, 0.1) is 0 Å². The standard InChI is InChI=1S/C17H17BrClN/c1-11-16(19)3-2-4-17(11)20-15-9-13(10-15)12-5-7-14(18)8-6-12/h2-8,13,15,20H,9-10H2,1H3. The summed E-state index contributed by atoms with van der Waals surface area (Å²) in [7, 11) is 0. The normalized spacial score (nSPS) is 21.4. The van der Waals surface area contributed by atoms with Crippen LogP contribution in [0.25, 0.3) is 0 Å². The van der Waals surface area contributed by atoms with E-state index < -0.39 is 0 Å². The van der Waals surface area contributed by atoms with Crippen molar-refractivity contribution in [2.75, 3.05) is 5.32 Å². The fourth-order valence-electron chi connectivity index (χ4n) is 2.73. The fraction of sp³-hybridized carbons (Fsp3) is 0.294.